The van der Waals surface area contributed by atoms with Crippen molar-refractivity contribution >= 4 is 34.3 Å². The van der Waals surface area contributed by atoms with Gasteiger partial charge in [-0.2, -0.15) is 0 Å². The summed E-state index contributed by atoms with van der Waals surface area (Å²) in [7, 11) is 0. The highest BCUT2D eigenvalue weighted by Crippen LogP contribution is 2.30. The summed E-state index contributed by atoms with van der Waals surface area (Å²) in [6, 6.07) is 12.8. The smallest absolute Gasteiger partial charge is 0.406 e. The van der Waals surface area contributed by atoms with Gasteiger partial charge in [0.1, 0.15) is 5.75 Å². The average molecular weight is 461 g/mol. The molecule has 0 aliphatic rings. The average Bonchev–Trinajstić information content (AvgIpc) is 3.36. The van der Waals surface area contributed by atoms with Gasteiger partial charge in [0, 0.05) is 34.9 Å². The van der Waals surface area contributed by atoms with Crippen LogP contribution in [0.2, 0.25) is 0 Å². The topological polar surface area (TPSA) is 84.8 Å². The Balaban J connectivity index is 1.41. The molecule has 2 aromatic heterocycles. The minimum Gasteiger partial charge on any atom is -0.406 e. The van der Waals surface area contributed by atoms with E-state index in [1.165, 1.54) is 23.9 Å². The van der Waals surface area contributed by atoms with Crippen LogP contribution >= 0.6 is 11.8 Å². The number of nitrogens with zero attached hydrogens (tertiary/aromatic N) is 3. The van der Waals surface area contributed by atoms with E-state index in [2.05, 4.69) is 25.2 Å². The van der Waals surface area contributed by atoms with E-state index < -0.39 is 6.36 Å². The Morgan fingerprint density at radius 1 is 1.16 bits per heavy atom. The zero-order valence-corrected chi connectivity index (χ0v) is 17.6. The van der Waals surface area contributed by atoms with E-state index in [1.807, 2.05) is 42.0 Å². The number of alkyl halides is 3. The molecule has 0 spiro atoms. The number of aromatic nitrogens is 4. The van der Waals surface area contributed by atoms with Crippen LogP contribution < -0.4 is 10.1 Å². The number of anilines is 1. The highest BCUT2D eigenvalue weighted by molar-refractivity contribution is 7.99. The molecule has 2 aromatic carbocycles. The van der Waals surface area contributed by atoms with Crippen molar-refractivity contribution in [3.05, 3.63) is 54.7 Å². The fourth-order valence-electron chi connectivity index (χ4n) is 3.20. The molecule has 0 unspecified atom stereocenters. The molecule has 0 saturated carbocycles. The van der Waals surface area contributed by atoms with Crippen molar-refractivity contribution < 1.29 is 22.7 Å². The lowest BCUT2D eigenvalue weighted by molar-refractivity contribution is -0.274. The van der Waals surface area contributed by atoms with Crippen molar-refractivity contribution in [2.24, 2.45) is 0 Å². The lowest BCUT2D eigenvalue weighted by Crippen LogP contribution is -2.17. The molecular formula is C21H18F3N5O2S. The second-order valence-electron chi connectivity index (χ2n) is 6.71. The predicted molar refractivity (Wildman–Crippen MR) is 115 cm³/mol. The fourth-order valence-corrected chi connectivity index (χ4v) is 4.01. The largest absolute Gasteiger partial charge is 0.573 e. The van der Waals surface area contributed by atoms with Crippen molar-refractivity contribution in [3.63, 3.8) is 0 Å². The maximum Gasteiger partial charge on any atom is 0.573 e. The van der Waals surface area contributed by atoms with E-state index in [0.29, 0.717) is 23.2 Å². The summed E-state index contributed by atoms with van der Waals surface area (Å²) in [5.41, 5.74) is 2.28. The van der Waals surface area contributed by atoms with Gasteiger partial charge in [-0.05, 0) is 37.3 Å². The Morgan fingerprint density at radius 2 is 1.91 bits per heavy atom. The molecule has 32 heavy (non-hydrogen) atoms. The summed E-state index contributed by atoms with van der Waals surface area (Å²) >= 11 is 1.23. The molecule has 2 N–H and O–H groups in total. The Morgan fingerprint density at radius 3 is 2.62 bits per heavy atom. The van der Waals surface area contributed by atoms with E-state index in [4.69, 9.17) is 0 Å². The summed E-state index contributed by atoms with van der Waals surface area (Å²) in [4.78, 5) is 15.5. The molecule has 0 fully saturated rings. The molecule has 4 rings (SSSR count). The number of hydrogen-bond acceptors (Lipinski definition) is 5. The molecule has 0 aliphatic heterocycles. The van der Waals surface area contributed by atoms with E-state index in [1.54, 1.807) is 0 Å². The summed E-state index contributed by atoms with van der Waals surface area (Å²) in [6.07, 6.45) is -2.88. The Hall–Kier alpha value is -3.47. The quantitative estimate of drug-likeness (QED) is 0.375. The number of para-hydroxylation sites is 1. The number of carbonyl (C=O) groups excluding carboxylic acids is 1. The van der Waals surface area contributed by atoms with Crippen LogP contribution in [0.15, 0.2) is 59.9 Å². The molecule has 7 nitrogen and oxygen atoms in total. The van der Waals surface area contributed by atoms with Gasteiger partial charge in [0.25, 0.3) is 0 Å². The van der Waals surface area contributed by atoms with Crippen molar-refractivity contribution in [1.29, 1.82) is 0 Å². The van der Waals surface area contributed by atoms with Gasteiger partial charge < -0.3 is 19.6 Å². The summed E-state index contributed by atoms with van der Waals surface area (Å²) in [5.74, 6) is 0.0879. The molecule has 0 aliphatic carbocycles. The highest BCUT2D eigenvalue weighted by Gasteiger charge is 2.31. The van der Waals surface area contributed by atoms with Crippen LogP contribution in [-0.4, -0.2) is 37.8 Å². The van der Waals surface area contributed by atoms with E-state index in [0.717, 1.165) is 28.6 Å². The number of ether oxygens (including phenoxy) is 1. The van der Waals surface area contributed by atoms with Crippen LogP contribution in [0.1, 0.15) is 6.92 Å². The number of benzene rings is 2. The number of carbonyl (C=O) groups is 1. The number of aromatic amines is 1. The second-order valence-corrected chi connectivity index (χ2v) is 7.65. The molecule has 2 heterocycles. The van der Waals surface area contributed by atoms with Crippen LogP contribution in [0.3, 0.4) is 0 Å². The molecule has 0 bridgehead atoms. The molecule has 0 radical (unpaired) electrons. The summed E-state index contributed by atoms with van der Waals surface area (Å²) in [5, 5.41) is 12.8. The normalized spacial score (nSPS) is 11.6. The van der Waals surface area contributed by atoms with Gasteiger partial charge in [0.2, 0.25) is 5.91 Å². The van der Waals surface area contributed by atoms with Crippen LogP contribution in [0.25, 0.3) is 22.3 Å². The number of rotatable bonds is 7. The van der Waals surface area contributed by atoms with Crippen LogP contribution in [0, 0.1) is 0 Å². The number of halogens is 3. The summed E-state index contributed by atoms with van der Waals surface area (Å²) < 4.78 is 42.4. The summed E-state index contributed by atoms with van der Waals surface area (Å²) in [6.45, 7) is 2.59. The number of H-pyrrole nitrogens is 1. The third kappa shape index (κ3) is 4.88. The number of hydrogen-bond donors (Lipinski definition) is 2. The van der Waals surface area contributed by atoms with Crippen molar-refractivity contribution in [3.8, 4) is 17.1 Å². The van der Waals surface area contributed by atoms with E-state index >= 15 is 0 Å². The SMILES string of the molecule is CCn1c(SCC(=O)Nc2ccc(OC(F)(F)F)cc2)nnc1-c1c[nH]c2ccccc12. The second kappa shape index (κ2) is 8.95. The van der Waals surface area contributed by atoms with Gasteiger partial charge in [0.05, 0.1) is 5.75 Å². The van der Waals surface area contributed by atoms with Gasteiger partial charge >= 0.3 is 6.36 Å². The van der Waals surface area contributed by atoms with E-state index in [-0.39, 0.29) is 17.4 Å². The van der Waals surface area contributed by atoms with Crippen molar-refractivity contribution in [2.75, 3.05) is 11.1 Å². The number of amides is 1. The van der Waals surface area contributed by atoms with Gasteiger partial charge in [-0.15, -0.1) is 23.4 Å². The number of thioether (sulfide) groups is 1. The third-order valence-corrected chi connectivity index (χ3v) is 5.53. The van der Waals surface area contributed by atoms with E-state index in [9.17, 15) is 18.0 Å². The minimum absolute atomic E-state index is 0.0623. The Kier molecular flexibility index (Phi) is 6.08. The van der Waals surface area contributed by atoms with Crippen LogP contribution in [0.5, 0.6) is 5.75 Å². The maximum absolute atomic E-state index is 12.3. The molecule has 11 heteroatoms. The molecule has 4 aromatic rings. The Bertz CT molecular complexity index is 1230. The molecule has 0 saturated heterocycles. The van der Waals surface area contributed by atoms with Gasteiger partial charge in [-0.1, -0.05) is 30.0 Å². The predicted octanol–water partition coefficient (Wildman–Crippen LogP) is 5.08. The number of nitrogens with one attached hydrogen (secondary N) is 2. The Labute approximate surface area is 185 Å². The van der Waals surface area contributed by atoms with Gasteiger partial charge in [-0.25, -0.2) is 0 Å². The van der Waals surface area contributed by atoms with Gasteiger partial charge in [0.15, 0.2) is 11.0 Å². The first-order valence-electron chi connectivity index (χ1n) is 9.62. The van der Waals surface area contributed by atoms with Gasteiger partial charge in [-0.3, -0.25) is 4.79 Å². The van der Waals surface area contributed by atoms with Crippen molar-refractivity contribution in [2.45, 2.75) is 25.0 Å². The zero-order chi connectivity index (χ0) is 22.7. The lowest BCUT2D eigenvalue weighted by Gasteiger charge is -2.10. The molecular weight excluding hydrogens is 443 g/mol. The first kappa shape index (κ1) is 21.8. The molecule has 1 amide bonds. The molecule has 0 atom stereocenters. The van der Waals surface area contributed by atoms with Crippen LogP contribution in [-0.2, 0) is 11.3 Å². The zero-order valence-electron chi connectivity index (χ0n) is 16.8. The maximum atomic E-state index is 12.3. The fraction of sp³-hybridized carbons (Fsp3) is 0.190. The molecule has 166 valence electrons. The first-order chi connectivity index (χ1) is 15.3. The highest BCUT2D eigenvalue weighted by atomic mass is 32.2. The monoisotopic (exact) mass is 461 g/mol. The van der Waals surface area contributed by atoms with Crippen LogP contribution in [0.4, 0.5) is 18.9 Å². The third-order valence-electron chi connectivity index (χ3n) is 4.57. The first-order valence-corrected chi connectivity index (χ1v) is 10.6. The minimum atomic E-state index is -4.76. The lowest BCUT2D eigenvalue weighted by atomic mass is 10.1. The van der Waals surface area contributed by atoms with Crippen molar-refractivity contribution in [1.82, 2.24) is 19.7 Å². The number of fused-ring (bicyclic) bond motifs is 1. The standard InChI is InChI=1S/C21H18F3N5O2S/c1-2-29-19(16-11-25-17-6-4-3-5-15(16)17)27-28-20(29)32-12-18(30)26-13-7-9-14(10-8-13)31-21(22,23)24/h3-11,25H,2,12H2,1H3,(H,26,30).